The number of imidazole rings is 1. The van der Waals surface area contributed by atoms with Gasteiger partial charge >= 0.3 is 11.7 Å². The Morgan fingerprint density at radius 1 is 1.18 bits per heavy atom. The smallest absolute Gasteiger partial charge is 0.338 e. The molecule has 1 aromatic carbocycles. The van der Waals surface area contributed by atoms with Crippen molar-refractivity contribution in [2.24, 2.45) is 7.05 Å². The van der Waals surface area contributed by atoms with E-state index in [9.17, 15) is 14.4 Å². The molecule has 0 radical (unpaired) electrons. The van der Waals surface area contributed by atoms with Gasteiger partial charge in [0.05, 0.1) is 23.7 Å². The van der Waals surface area contributed by atoms with Gasteiger partial charge in [0.25, 0.3) is 0 Å². The van der Waals surface area contributed by atoms with Crippen LogP contribution in [0.25, 0.3) is 11.0 Å². The van der Waals surface area contributed by atoms with Crippen LogP contribution in [0.4, 0.5) is 0 Å². The number of carbonyl (C=O) groups is 2. The van der Waals surface area contributed by atoms with Crippen molar-refractivity contribution in [2.45, 2.75) is 32.2 Å². The first-order valence-corrected chi connectivity index (χ1v) is 7.15. The normalized spacial score (nSPS) is 15.8. The van der Waals surface area contributed by atoms with Crippen LogP contribution in [0.5, 0.6) is 0 Å². The average Bonchev–Trinajstić information content (AvgIpc) is 3.17. The third kappa shape index (κ3) is 1.90. The Morgan fingerprint density at radius 2 is 1.77 bits per heavy atom. The van der Waals surface area contributed by atoms with Gasteiger partial charge in [-0.05, 0) is 38.8 Å². The van der Waals surface area contributed by atoms with E-state index >= 15 is 0 Å². The van der Waals surface area contributed by atoms with E-state index in [0.29, 0.717) is 11.0 Å². The first kappa shape index (κ1) is 14.6. The third-order valence-corrected chi connectivity index (χ3v) is 4.49. The highest BCUT2D eigenvalue weighted by atomic mass is 16.5. The number of ketones is 1. The maximum atomic E-state index is 12.5. The summed E-state index contributed by atoms with van der Waals surface area (Å²) in [6, 6.07) is 3.20. The predicted octanol–water partition coefficient (Wildman–Crippen LogP) is 1.84. The summed E-state index contributed by atoms with van der Waals surface area (Å²) in [6.45, 7) is 3.41. The summed E-state index contributed by atoms with van der Waals surface area (Å²) in [4.78, 5) is 36.4. The lowest BCUT2D eigenvalue weighted by Crippen LogP contribution is -2.29. The molecule has 6 heteroatoms. The molecule has 22 heavy (non-hydrogen) atoms. The number of hydrogen-bond acceptors (Lipinski definition) is 4. The quantitative estimate of drug-likeness (QED) is 0.641. The number of rotatable bonds is 3. The zero-order valence-electron chi connectivity index (χ0n) is 13.1. The number of carbonyl (C=O) groups excluding carboxylic acids is 2. The van der Waals surface area contributed by atoms with Gasteiger partial charge in [0.15, 0.2) is 5.78 Å². The van der Waals surface area contributed by atoms with Gasteiger partial charge in [-0.15, -0.1) is 0 Å². The second-order valence-electron chi connectivity index (χ2n) is 6.11. The number of ether oxygens (including phenoxy) is 1. The maximum absolute atomic E-state index is 12.5. The van der Waals surface area contributed by atoms with Gasteiger partial charge in [-0.3, -0.25) is 13.9 Å². The lowest BCUT2D eigenvalue weighted by molar-refractivity contribution is 0.0597. The minimum Gasteiger partial charge on any atom is -0.465 e. The molecule has 1 heterocycles. The van der Waals surface area contributed by atoms with E-state index in [1.807, 2.05) is 6.92 Å². The van der Waals surface area contributed by atoms with E-state index in [-0.39, 0.29) is 28.1 Å². The first-order valence-electron chi connectivity index (χ1n) is 7.15. The van der Waals surface area contributed by atoms with Crippen LogP contribution in [0, 0.1) is 0 Å². The highest BCUT2D eigenvalue weighted by molar-refractivity contribution is 6.08. The minimum absolute atomic E-state index is 0.133. The fourth-order valence-corrected chi connectivity index (χ4v) is 2.88. The number of benzene rings is 1. The first-order chi connectivity index (χ1) is 10.3. The van der Waals surface area contributed by atoms with Crippen LogP contribution in [-0.2, 0) is 17.3 Å². The van der Waals surface area contributed by atoms with E-state index in [4.69, 9.17) is 4.74 Å². The van der Waals surface area contributed by atoms with Crippen LogP contribution < -0.4 is 5.69 Å². The molecule has 1 aliphatic rings. The molecule has 0 bridgehead atoms. The fourth-order valence-electron chi connectivity index (χ4n) is 2.88. The van der Waals surface area contributed by atoms with Gasteiger partial charge in [0.2, 0.25) is 0 Å². The molecule has 2 aromatic rings. The van der Waals surface area contributed by atoms with Crippen molar-refractivity contribution in [2.75, 3.05) is 7.11 Å². The van der Waals surface area contributed by atoms with E-state index in [2.05, 4.69) is 0 Å². The molecule has 0 spiro atoms. The minimum atomic E-state index is -0.573. The lowest BCUT2D eigenvalue weighted by Gasteiger charge is -2.12. The number of fused-ring (bicyclic) bond motifs is 1. The SMILES string of the molecule is COC(=O)c1cc2c(cc1C(C)=O)n(C)c(=O)n2C1(C)CC1. The standard InChI is InChI=1S/C16H18N2O4/c1-9(19)10-7-12-13(8-11(10)14(20)22-4)18(15(21)17(12)3)16(2)5-6-16/h7-8H,5-6H2,1-4H3. The molecule has 0 saturated heterocycles. The second kappa shape index (κ2) is 4.56. The largest absolute Gasteiger partial charge is 0.465 e. The van der Waals surface area contributed by atoms with Crippen LogP contribution in [0.3, 0.4) is 0 Å². The fraction of sp³-hybridized carbons (Fsp3) is 0.438. The molecule has 0 N–H and O–H groups in total. The zero-order chi connectivity index (χ0) is 16.2. The molecule has 1 fully saturated rings. The average molecular weight is 302 g/mol. The molecular weight excluding hydrogens is 284 g/mol. The zero-order valence-corrected chi connectivity index (χ0v) is 13.1. The molecule has 1 saturated carbocycles. The van der Waals surface area contributed by atoms with Crippen molar-refractivity contribution in [3.05, 3.63) is 33.7 Å². The Hall–Kier alpha value is -2.37. The number of nitrogens with zero attached hydrogens (tertiary/aromatic N) is 2. The van der Waals surface area contributed by atoms with Gasteiger partial charge in [-0.1, -0.05) is 0 Å². The van der Waals surface area contributed by atoms with Gasteiger partial charge in [0, 0.05) is 18.2 Å². The van der Waals surface area contributed by atoms with E-state index in [1.54, 1.807) is 23.7 Å². The Morgan fingerprint density at radius 3 is 2.27 bits per heavy atom. The Kier molecular flexibility index (Phi) is 3.02. The summed E-state index contributed by atoms with van der Waals surface area (Å²) >= 11 is 0. The van der Waals surface area contributed by atoms with Crippen LogP contribution >= 0.6 is 0 Å². The summed E-state index contributed by atoms with van der Waals surface area (Å²) in [5.74, 6) is -0.809. The van der Waals surface area contributed by atoms with Crippen molar-refractivity contribution in [3.8, 4) is 0 Å². The van der Waals surface area contributed by atoms with E-state index in [1.165, 1.54) is 18.6 Å². The van der Waals surface area contributed by atoms with Crippen molar-refractivity contribution >= 4 is 22.8 Å². The summed E-state index contributed by atoms with van der Waals surface area (Å²) in [7, 11) is 2.95. The van der Waals surface area contributed by atoms with Crippen LogP contribution in [0.1, 0.15) is 47.4 Å². The monoisotopic (exact) mass is 302 g/mol. The molecule has 3 rings (SSSR count). The second-order valence-corrected chi connectivity index (χ2v) is 6.11. The summed E-state index contributed by atoms with van der Waals surface area (Å²) in [5.41, 5.74) is 1.45. The van der Waals surface area contributed by atoms with Gasteiger partial charge in [-0.25, -0.2) is 9.59 Å². The number of esters is 1. The third-order valence-electron chi connectivity index (χ3n) is 4.49. The number of hydrogen-bond donors (Lipinski definition) is 0. The molecule has 0 amide bonds. The number of aryl methyl sites for hydroxylation is 1. The molecular formula is C16H18N2O4. The van der Waals surface area contributed by atoms with Crippen LogP contribution in [0.2, 0.25) is 0 Å². The van der Waals surface area contributed by atoms with Crippen molar-refractivity contribution in [3.63, 3.8) is 0 Å². The summed E-state index contributed by atoms with van der Waals surface area (Å²) in [6.07, 6.45) is 1.85. The van der Waals surface area contributed by atoms with Crippen molar-refractivity contribution in [1.82, 2.24) is 9.13 Å². The van der Waals surface area contributed by atoms with Crippen LogP contribution in [0.15, 0.2) is 16.9 Å². The predicted molar refractivity (Wildman–Crippen MR) is 81.4 cm³/mol. The molecule has 1 aromatic heterocycles. The molecule has 0 atom stereocenters. The van der Waals surface area contributed by atoms with Crippen molar-refractivity contribution < 1.29 is 14.3 Å². The van der Waals surface area contributed by atoms with Crippen LogP contribution in [-0.4, -0.2) is 28.0 Å². The highest BCUT2D eigenvalue weighted by Gasteiger charge is 2.42. The maximum Gasteiger partial charge on any atom is 0.338 e. The lowest BCUT2D eigenvalue weighted by atomic mass is 10.0. The number of aromatic nitrogens is 2. The van der Waals surface area contributed by atoms with Gasteiger partial charge in [-0.2, -0.15) is 0 Å². The topological polar surface area (TPSA) is 70.3 Å². The molecule has 6 nitrogen and oxygen atoms in total. The van der Waals surface area contributed by atoms with Gasteiger partial charge in [0.1, 0.15) is 0 Å². The molecule has 1 aliphatic carbocycles. The highest BCUT2D eigenvalue weighted by Crippen LogP contribution is 2.43. The van der Waals surface area contributed by atoms with Crippen molar-refractivity contribution in [1.29, 1.82) is 0 Å². The number of methoxy groups -OCH3 is 1. The van der Waals surface area contributed by atoms with E-state index < -0.39 is 5.97 Å². The Balaban J connectivity index is 2.41. The Labute approximate surface area is 127 Å². The van der Waals surface area contributed by atoms with Gasteiger partial charge < -0.3 is 4.74 Å². The molecule has 0 unspecified atom stereocenters. The molecule has 116 valence electrons. The van der Waals surface area contributed by atoms with E-state index in [0.717, 1.165) is 12.8 Å². The molecule has 0 aliphatic heterocycles. The summed E-state index contributed by atoms with van der Waals surface area (Å²) in [5, 5.41) is 0. The number of Topliss-reactive ketones (excluding diaryl/α,β-unsaturated/α-hetero) is 1. The Bertz CT molecular complexity index is 868. The summed E-state index contributed by atoms with van der Waals surface area (Å²) < 4.78 is 8.01.